The van der Waals surface area contributed by atoms with Crippen molar-refractivity contribution in [3.8, 4) is 5.75 Å². The molecular weight excluding hydrogens is 380 g/mol. The van der Waals surface area contributed by atoms with Gasteiger partial charge in [-0.25, -0.2) is 4.79 Å². The van der Waals surface area contributed by atoms with Crippen molar-refractivity contribution in [3.63, 3.8) is 0 Å². The number of carbonyl (C=O) groups is 3. The number of hydrogen-bond acceptors (Lipinski definition) is 6. The molecule has 0 aromatic heterocycles. The predicted octanol–water partition coefficient (Wildman–Crippen LogP) is 2.25. The fourth-order valence-corrected chi connectivity index (χ4v) is 3.06. The smallest absolute Gasteiger partial charge is 0.328 e. The number of hydrogen-bond donors (Lipinski definition) is 2. The van der Waals surface area contributed by atoms with E-state index in [4.69, 9.17) is 9.47 Å². The Labute approximate surface area is 170 Å². The average molecular weight is 411 g/mol. The van der Waals surface area contributed by atoms with Crippen molar-refractivity contribution in [2.75, 3.05) is 26.2 Å². The monoisotopic (exact) mass is 410 g/mol. The molecule has 0 fully saturated rings. The Morgan fingerprint density at radius 2 is 1.68 bits per heavy atom. The fraction of sp³-hybridized carbons (Fsp3) is 0.550. The summed E-state index contributed by atoms with van der Waals surface area (Å²) in [5.41, 5.74) is 0.425. The van der Waals surface area contributed by atoms with Gasteiger partial charge in [0.05, 0.1) is 14.2 Å². The number of ether oxygens (including phenoxy) is 2. The van der Waals surface area contributed by atoms with E-state index >= 15 is 0 Å². The van der Waals surface area contributed by atoms with Gasteiger partial charge < -0.3 is 20.1 Å². The van der Waals surface area contributed by atoms with Crippen LogP contribution >= 0.6 is 11.8 Å². The highest BCUT2D eigenvalue weighted by Gasteiger charge is 2.27. The maximum absolute atomic E-state index is 12.8. The van der Waals surface area contributed by atoms with Crippen LogP contribution in [-0.2, 0) is 14.3 Å². The molecule has 1 aromatic rings. The molecule has 0 aliphatic carbocycles. The van der Waals surface area contributed by atoms with E-state index in [2.05, 4.69) is 10.6 Å². The molecule has 0 unspecified atom stereocenters. The summed E-state index contributed by atoms with van der Waals surface area (Å²) in [5.74, 6) is 0.270. The fourth-order valence-electron chi connectivity index (χ4n) is 2.59. The number of benzene rings is 1. The number of amides is 2. The molecule has 2 amide bonds. The third-order valence-electron chi connectivity index (χ3n) is 4.09. The van der Waals surface area contributed by atoms with Crippen LogP contribution in [0.4, 0.5) is 0 Å². The highest BCUT2D eigenvalue weighted by Crippen LogP contribution is 2.13. The van der Waals surface area contributed by atoms with Gasteiger partial charge >= 0.3 is 5.97 Å². The molecule has 0 bridgehead atoms. The van der Waals surface area contributed by atoms with Crippen molar-refractivity contribution >= 4 is 29.5 Å². The summed E-state index contributed by atoms with van der Waals surface area (Å²) in [6.45, 7) is 3.93. The molecule has 0 spiro atoms. The quantitative estimate of drug-likeness (QED) is 0.544. The second-order valence-electron chi connectivity index (χ2n) is 6.75. The zero-order valence-electron chi connectivity index (χ0n) is 17.1. The van der Waals surface area contributed by atoms with Crippen LogP contribution in [0.25, 0.3) is 0 Å². The van der Waals surface area contributed by atoms with E-state index in [1.54, 1.807) is 43.1 Å². The van der Waals surface area contributed by atoms with Gasteiger partial charge in [0.1, 0.15) is 17.8 Å². The molecule has 7 nitrogen and oxygen atoms in total. The predicted molar refractivity (Wildman–Crippen MR) is 111 cm³/mol. The number of thioether (sulfide) groups is 1. The molecule has 0 heterocycles. The van der Waals surface area contributed by atoms with Gasteiger partial charge in [-0.3, -0.25) is 9.59 Å². The van der Waals surface area contributed by atoms with E-state index in [0.717, 1.165) is 0 Å². The molecule has 28 heavy (non-hydrogen) atoms. The topological polar surface area (TPSA) is 93.7 Å². The molecule has 156 valence electrons. The molecule has 0 aliphatic heterocycles. The zero-order chi connectivity index (χ0) is 21.1. The van der Waals surface area contributed by atoms with Crippen LogP contribution in [0.3, 0.4) is 0 Å². The van der Waals surface area contributed by atoms with Gasteiger partial charge in [0.15, 0.2) is 0 Å². The van der Waals surface area contributed by atoms with E-state index in [9.17, 15) is 14.4 Å². The standard InChI is InChI=1S/C20H30N2O5S/c1-13(2)12-17(19(24)21-16(10-11-28-5)20(25)27-4)22-18(23)14-6-8-15(26-3)9-7-14/h6-9,13,16-17H,10-12H2,1-5H3,(H,21,24)(H,22,23)/t16-,17+/m1/s1. The minimum atomic E-state index is -0.754. The van der Waals surface area contributed by atoms with E-state index in [1.165, 1.54) is 7.11 Å². The summed E-state index contributed by atoms with van der Waals surface area (Å²) < 4.78 is 9.87. The van der Waals surface area contributed by atoms with E-state index in [1.807, 2.05) is 20.1 Å². The Morgan fingerprint density at radius 3 is 2.18 bits per heavy atom. The zero-order valence-corrected chi connectivity index (χ0v) is 17.9. The molecule has 1 rings (SSSR count). The Kier molecular flexibility index (Phi) is 10.4. The largest absolute Gasteiger partial charge is 0.497 e. The van der Waals surface area contributed by atoms with Crippen molar-refractivity contribution in [2.24, 2.45) is 5.92 Å². The molecule has 2 atom stereocenters. The first-order chi connectivity index (χ1) is 13.3. The maximum Gasteiger partial charge on any atom is 0.328 e. The first-order valence-electron chi connectivity index (χ1n) is 9.14. The van der Waals surface area contributed by atoms with Gasteiger partial charge in [-0.05, 0) is 55.0 Å². The third kappa shape index (κ3) is 7.80. The number of esters is 1. The summed E-state index contributed by atoms with van der Waals surface area (Å²) in [4.78, 5) is 37.3. The van der Waals surface area contributed by atoms with Crippen molar-refractivity contribution in [3.05, 3.63) is 29.8 Å². The van der Waals surface area contributed by atoms with Crippen molar-refractivity contribution in [1.82, 2.24) is 10.6 Å². The second-order valence-corrected chi connectivity index (χ2v) is 7.74. The summed E-state index contributed by atoms with van der Waals surface area (Å²) >= 11 is 1.58. The molecular formula is C20H30N2O5S. The summed E-state index contributed by atoms with van der Waals surface area (Å²) in [6.07, 6.45) is 2.83. The summed E-state index contributed by atoms with van der Waals surface area (Å²) in [7, 11) is 2.84. The van der Waals surface area contributed by atoms with Crippen LogP contribution in [0.15, 0.2) is 24.3 Å². The van der Waals surface area contributed by atoms with Crippen LogP contribution in [0.2, 0.25) is 0 Å². The lowest BCUT2D eigenvalue weighted by Gasteiger charge is -2.23. The first-order valence-corrected chi connectivity index (χ1v) is 10.5. The molecule has 1 aromatic carbocycles. The highest BCUT2D eigenvalue weighted by atomic mass is 32.2. The Bertz CT molecular complexity index is 649. The SMILES string of the molecule is COC(=O)[C@@H](CCSC)NC(=O)[C@H](CC(C)C)NC(=O)c1ccc(OC)cc1. The second kappa shape index (κ2) is 12.3. The van der Waals surface area contributed by atoms with Crippen LogP contribution in [0.5, 0.6) is 5.75 Å². The van der Waals surface area contributed by atoms with Crippen molar-refractivity contribution in [1.29, 1.82) is 0 Å². The summed E-state index contributed by atoms with van der Waals surface area (Å²) in [5, 5.41) is 5.49. The minimum Gasteiger partial charge on any atom is -0.497 e. The molecule has 8 heteroatoms. The van der Waals surface area contributed by atoms with Gasteiger partial charge in [0.2, 0.25) is 5.91 Å². The van der Waals surface area contributed by atoms with Gasteiger partial charge in [-0.1, -0.05) is 13.8 Å². The molecule has 2 N–H and O–H groups in total. The van der Waals surface area contributed by atoms with Gasteiger partial charge in [0, 0.05) is 5.56 Å². The van der Waals surface area contributed by atoms with Crippen LogP contribution < -0.4 is 15.4 Å². The normalized spacial score (nSPS) is 12.8. The Hall–Kier alpha value is -2.22. The molecule has 0 aliphatic rings. The van der Waals surface area contributed by atoms with Gasteiger partial charge in [-0.2, -0.15) is 11.8 Å². The molecule has 0 saturated carbocycles. The van der Waals surface area contributed by atoms with E-state index in [0.29, 0.717) is 29.9 Å². The van der Waals surface area contributed by atoms with E-state index < -0.39 is 24.0 Å². The van der Waals surface area contributed by atoms with Crippen LogP contribution in [0, 0.1) is 5.92 Å². The van der Waals surface area contributed by atoms with Gasteiger partial charge in [0.25, 0.3) is 5.91 Å². The third-order valence-corrected chi connectivity index (χ3v) is 4.74. The Balaban J connectivity index is 2.87. The van der Waals surface area contributed by atoms with Gasteiger partial charge in [-0.15, -0.1) is 0 Å². The minimum absolute atomic E-state index is 0.176. The number of rotatable bonds is 11. The summed E-state index contributed by atoms with van der Waals surface area (Å²) in [6, 6.07) is 5.14. The molecule has 0 saturated heterocycles. The lowest BCUT2D eigenvalue weighted by Crippen LogP contribution is -2.52. The maximum atomic E-state index is 12.8. The molecule has 0 radical (unpaired) electrons. The number of methoxy groups -OCH3 is 2. The highest BCUT2D eigenvalue weighted by molar-refractivity contribution is 7.98. The van der Waals surface area contributed by atoms with Crippen molar-refractivity contribution < 1.29 is 23.9 Å². The average Bonchev–Trinajstić information content (AvgIpc) is 2.69. The van der Waals surface area contributed by atoms with Crippen LogP contribution in [-0.4, -0.2) is 56.1 Å². The lowest BCUT2D eigenvalue weighted by atomic mass is 10.0. The number of carbonyl (C=O) groups excluding carboxylic acids is 3. The number of nitrogens with one attached hydrogen (secondary N) is 2. The first kappa shape index (κ1) is 23.8. The van der Waals surface area contributed by atoms with Crippen molar-refractivity contribution in [2.45, 2.75) is 38.8 Å². The van der Waals surface area contributed by atoms with Crippen LogP contribution in [0.1, 0.15) is 37.0 Å². The van der Waals surface area contributed by atoms with E-state index in [-0.39, 0.29) is 11.8 Å². The Morgan fingerprint density at radius 1 is 1.04 bits per heavy atom. The lowest BCUT2D eigenvalue weighted by molar-refractivity contribution is -0.145.